The topological polar surface area (TPSA) is 293 Å². The molecule has 0 rings (SSSR count). The predicted molar refractivity (Wildman–Crippen MR) is 34.4 cm³/mol. The average molecular weight is 391 g/mol. The van der Waals surface area contributed by atoms with Gasteiger partial charge in [0.05, 0.1) is 15.6 Å². The predicted octanol–water partition coefficient (Wildman–Crippen LogP) is -7.47. The third-order valence-electron chi connectivity index (χ3n) is 0.200. The minimum Gasteiger partial charge on any atom is -0.790 e. The third-order valence-corrected chi connectivity index (χ3v) is 1.80. The quantitative estimate of drug-likeness (QED) is 0.323. The fourth-order valence-electron chi connectivity index (χ4n) is 0.122. The van der Waals surface area contributed by atoms with Crippen LogP contribution in [0.4, 0.5) is 0 Å². The molecule has 0 unspecified atom stereocenters. The summed E-state index contributed by atoms with van der Waals surface area (Å²) in [7, 11) is -11.4. The van der Waals surface area contributed by atoms with Gasteiger partial charge >= 0.3 is 34.1 Å². The van der Waals surface area contributed by atoms with Crippen LogP contribution in [0.25, 0.3) is 0 Å². The van der Waals surface area contributed by atoms with Crippen molar-refractivity contribution in [2.24, 2.45) is 0 Å². The maximum absolute atomic E-state index is 9.32. The van der Waals surface area contributed by atoms with Crippen LogP contribution in [0.3, 0.4) is 0 Å². The molecule has 2 radical (unpaired) electrons. The molecule has 0 aromatic rings. The summed E-state index contributed by atoms with van der Waals surface area (Å²) < 4.78 is 21.2. The van der Waals surface area contributed by atoms with Crippen molar-refractivity contribution >= 4 is 15.6 Å². The van der Waals surface area contributed by atoms with Crippen LogP contribution in [-0.4, -0.2) is 27.4 Å². The first-order valence-electron chi connectivity index (χ1n) is 1.46. The number of rotatable bonds is 2. The number of phosphoric acid groups is 2. The fraction of sp³-hybridized carbons (Fsp3) is 0. The normalized spacial score (nSPS) is 7.75. The van der Waals surface area contributed by atoms with Gasteiger partial charge in [0, 0.05) is 0 Å². The zero-order chi connectivity index (χ0) is 7.71. The van der Waals surface area contributed by atoms with E-state index in [4.69, 9.17) is 0 Å². The van der Waals surface area contributed by atoms with Crippen LogP contribution in [0.15, 0.2) is 0 Å². The summed E-state index contributed by atoms with van der Waals surface area (Å²) in [5.41, 5.74) is 0. The molecule has 12 nitrogen and oxygen atoms in total. The SMILES string of the molecule is O.O.O.O.O.O=P([O-])([O-])OP(=O)([O-])[O-].[Cu+2].[Cu+2]. The molecule has 0 bridgehead atoms. The van der Waals surface area contributed by atoms with E-state index in [9.17, 15) is 28.7 Å². The molecule has 0 aromatic carbocycles. The Bertz CT molecular complexity index is 157. The first-order chi connectivity index (χ1) is 3.71. The Morgan fingerprint density at radius 3 is 0.750 bits per heavy atom. The van der Waals surface area contributed by atoms with E-state index in [0.29, 0.717) is 0 Å². The van der Waals surface area contributed by atoms with Crippen molar-refractivity contribution in [2.45, 2.75) is 0 Å². The molecule has 0 aliphatic rings. The van der Waals surface area contributed by atoms with E-state index in [1.54, 1.807) is 0 Å². The molecule has 0 saturated carbocycles. The monoisotopic (exact) mass is 390 g/mol. The van der Waals surface area contributed by atoms with E-state index in [1.807, 2.05) is 0 Å². The minimum absolute atomic E-state index is 0. The van der Waals surface area contributed by atoms with Gasteiger partial charge in [-0.3, -0.25) is 0 Å². The molecule has 16 heavy (non-hydrogen) atoms. The van der Waals surface area contributed by atoms with Crippen LogP contribution in [0.5, 0.6) is 0 Å². The van der Waals surface area contributed by atoms with Crippen LogP contribution in [-0.2, 0) is 47.6 Å². The van der Waals surface area contributed by atoms with Crippen LogP contribution in [0, 0.1) is 0 Å². The van der Waals surface area contributed by atoms with Gasteiger partial charge in [-0.15, -0.1) is 0 Å². The molecule has 0 amide bonds. The van der Waals surface area contributed by atoms with Gasteiger partial charge in [0.25, 0.3) is 0 Å². The van der Waals surface area contributed by atoms with Crippen molar-refractivity contribution in [3.8, 4) is 0 Å². The Labute approximate surface area is 110 Å². The van der Waals surface area contributed by atoms with Crippen molar-refractivity contribution < 1.29 is 94.5 Å². The van der Waals surface area contributed by atoms with Crippen LogP contribution in [0.1, 0.15) is 0 Å². The second-order valence-electron chi connectivity index (χ2n) is 0.976. The van der Waals surface area contributed by atoms with Gasteiger partial charge < -0.3 is 60.4 Å². The fourth-order valence-corrected chi connectivity index (χ4v) is 1.10. The van der Waals surface area contributed by atoms with Crippen LogP contribution < -0.4 is 19.6 Å². The zero-order valence-electron chi connectivity index (χ0n) is 6.86. The minimum atomic E-state index is -5.68. The molecule has 0 heterocycles. The van der Waals surface area contributed by atoms with Gasteiger partial charge in [0.15, 0.2) is 0 Å². The van der Waals surface area contributed by atoms with Gasteiger partial charge in [0.2, 0.25) is 0 Å². The van der Waals surface area contributed by atoms with Gasteiger partial charge in [-0.05, 0) is 0 Å². The smallest absolute Gasteiger partial charge is 0.790 e. The molecule has 10 N–H and O–H groups in total. The van der Waals surface area contributed by atoms with Gasteiger partial charge in [-0.25, -0.2) is 0 Å². The van der Waals surface area contributed by atoms with E-state index >= 15 is 0 Å². The molecule has 16 heteroatoms. The van der Waals surface area contributed by atoms with E-state index in [0.717, 1.165) is 0 Å². The Morgan fingerprint density at radius 1 is 0.625 bits per heavy atom. The Balaban J connectivity index is -0.0000000152. The molecule has 0 fully saturated rings. The largest absolute Gasteiger partial charge is 2.00 e. The van der Waals surface area contributed by atoms with E-state index in [-0.39, 0.29) is 61.5 Å². The van der Waals surface area contributed by atoms with Gasteiger partial charge in [-0.2, -0.15) is 0 Å². The summed E-state index contributed by atoms with van der Waals surface area (Å²) in [5.74, 6) is 0. The van der Waals surface area contributed by atoms with Crippen molar-refractivity contribution in [2.75, 3.05) is 0 Å². The molecule has 0 spiro atoms. The Hall–Kier alpha value is 1.10. The molecule has 0 saturated heterocycles. The average Bonchev–Trinajstić information content (AvgIpc) is 1.14. The van der Waals surface area contributed by atoms with E-state index in [1.165, 1.54) is 0 Å². The summed E-state index contributed by atoms with van der Waals surface area (Å²) in [4.78, 5) is 37.3. The molecular weight excluding hydrogens is 381 g/mol. The van der Waals surface area contributed by atoms with Crippen molar-refractivity contribution in [3.05, 3.63) is 0 Å². The van der Waals surface area contributed by atoms with E-state index in [2.05, 4.69) is 4.31 Å². The maximum Gasteiger partial charge on any atom is 2.00 e. The first-order valence-corrected chi connectivity index (χ1v) is 4.38. The van der Waals surface area contributed by atoms with Crippen LogP contribution >= 0.6 is 15.6 Å². The number of hydrogen-bond donors (Lipinski definition) is 0. The second kappa shape index (κ2) is 18.5. The molecule has 0 aliphatic carbocycles. The molecule has 0 aromatic heterocycles. The third kappa shape index (κ3) is 59.6. The molecule has 0 aliphatic heterocycles. The summed E-state index contributed by atoms with van der Waals surface area (Å²) in [6.45, 7) is 0. The van der Waals surface area contributed by atoms with Crippen LogP contribution in [0.2, 0.25) is 0 Å². The van der Waals surface area contributed by atoms with Crippen molar-refractivity contribution in [3.63, 3.8) is 0 Å². The van der Waals surface area contributed by atoms with Gasteiger partial charge in [0.1, 0.15) is 0 Å². The molecule has 114 valence electrons. The first kappa shape index (κ1) is 53.5. The summed E-state index contributed by atoms with van der Waals surface area (Å²) in [6, 6.07) is 0. The van der Waals surface area contributed by atoms with Gasteiger partial charge in [-0.1, -0.05) is 0 Å². The standard InChI is InChI=1S/2Cu.H4O7P2.5H2O/c;;1-8(2,3)7-9(4,5)6;;;;;/h;;(H2,1,2,3)(H2,4,5,6);5*1H2/q2*+2;;;;;;/p-4. The summed E-state index contributed by atoms with van der Waals surface area (Å²) in [5, 5.41) is 0. The molecule has 0 atom stereocenters. The van der Waals surface area contributed by atoms with Crippen molar-refractivity contribution in [1.82, 2.24) is 0 Å². The van der Waals surface area contributed by atoms with Crippen molar-refractivity contribution in [1.29, 1.82) is 0 Å². The Kier molecular flexibility index (Phi) is 61.8. The number of hydrogen-bond acceptors (Lipinski definition) is 7. The maximum atomic E-state index is 9.32. The second-order valence-corrected chi connectivity index (χ2v) is 3.42. The summed E-state index contributed by atoms with van der Waals surface area (Å²) >= 11 is 0. The summed E-state index contributed by atoms with van der Waals surface area (Å²) in [6.07, 6.45) is 0. The zero-order valence-corrected chi connectivity index (χ0v) is 10.5. The Morgan fingerprint density at radius 2 is 0.750 bits per heavy atom. The van der Waals surface area contributed by atoms with E-state index < -0.39 is 15.6 Å². The molecular formula is H10Cu2O12P2.